The predicted octanol–water partition coefficient (Wildman–Crippen LogP) is 6.25. The second kappa shape index (κ2) is 9.86. The minimum absolute atomic E-state index is 0.0412. The summed E-state index contributed by atoms with van der Waals surface area (Å²) in [6.07, 6.45) is 4.37. The second-order valence-electron chi connectivity index (χ2n) is 10.6. The molecular weight excluding hydrogens is 460 g/mol. The van der Waals surface area contributed by atoms with Crippen molar-refractivity contribution in [2.45, 2.75) is 56.5 Å². The van der Waals surface area contributed by atoms with Crippen molar-refractivity contribution < 1.29 is 14.3 Å². The van der Waals surface area contributed by atoms with Gasteiger partial charge in [0.25, 0.3) is 0 Å². The Labute approximate surface area is 217 Å². The van der Waals surface area contributed by atoms with Gasteiger partial charge in [0.15, 0.2) is 0 Å². The number of ether oxygens (including phenoxy) is 1. The van der Waals surface area contributed by atoms with Gasteiger partial charge < -0.3 is 9.64 Å². The van der Waals surface area contributed by atoms with Crippen molar-refractivity contribution >= 4 is 11.9 Å². The van der Waals surface area contributed by atoms with Gasteiger partial charge in [-0.3, -0.25) is 4.79 Å². The summed E-state index contributed by atoms with van der Waals surface area (Å²) in [7, 11) is 0. The van der Waals surface area contributed by atoms with Gasteiger partial charge in [-0.2, -0.15) is 5.26 Å². The highest BCUT2D eigenvalue weighted by Crippen LogP contribution is 2.45. The van der Waals surface area contributed by atoms with Gasteiger partial charge >= 0.3 is 6.09 Å². The first kappa shape index (κ1) is 23.5. The molecule has 0 spiro atoms. The maximum atomic E-state index is 13.4. The van der Waals surface area contributed by atoms with Crippen molar-refractivity contribution in [3.63, 3.8) is 0 Å². The first-order chi connectivity index (χ1) is 18.1. The Kier molecular flexibility index (Phi) is 6.26. The molecule has 5 nitrogen and oxygen atoms in total. The van der Waals surface area contributed by atoms with E-state index < -0.39 is 0 Å². The van der Waals surface area contributed by atoms with E-state index in [1.165, 1.54) is 22.3 Å². The van der Waals surface area contributed by atoms with Crippen LogP contribution in [0.25, 0.3) is 11.1 Å². The molecule has 5 heteroatoms. The van der Waals surface area contributed by atoms with Crippen LogP contribution >= 0.6 is 0 Å². The summed E-state index contributed by atoms with van der Waals surface area (Å²) in [5.41, 5.74) is 6.31. The van der Waals surface area contributed by atoms with Gasteiger partial charge in [0.2, 0.25) is 0 Å². The molecule has 186 valence electrons. The summed E-state index contributed by atoms with van der Waals surface area (Å²) in [5, 5.41) is 9.16. The van der Waals surface area contributed by atoms with Crippen molar-refractivity contribution in [2.75, 3.05) is 6.61 Å². The predicted molar refractivity (Wildman–Crippen MR) is 141 cm³/mol. The monoisotopic (exact) mass is 490 g/mol. The fraction of sp³-hybridized carbons (Fsp3) is 0.344. The van der Waals surface area contributed by atoms with E-state index in [1.807, 2.05) is 29.2 Å². The van der Waals surface area contributed by atoms with Crippen LogP contribution in [-0.2, 0) is 16.0 Å². The molecule has 6 rings (SSSR count). The van der Waals surface area contributed by atoms with E-state index in [-0.39, 0.29) is 35.8 Å². The average Bonchev–Trinajstić information content (AvgIpc) is 3.24. The molecule has 0 radical (unpaired) electrons. The highest BCUT2D eigenvalue weighted by molar-refractivity contribution is 5.84. The summed E-state index contributed by atoms with van der Waals surface area (Å²) in [6.45, 7) is 0.320. The van der Waals surface area contributed by atoms with Gasteiger partial charge in [-0.25, -0.2) is 4.79 Å². The third kappa shape index (κ3) is 4.42. The molecular formula is C32H30N2O3. The minimum atomic E-state index is -0.246. The number of nitrogens with zero attached hydrogens (tertiary/aromatic N) is 2. The SMILES string of the molecule is N#Cc1cccc(CC(=O)C2CC3CCCC(C2)N3C(=O)OCC2c3ccccc3-c3ccccc32)c1. The number of hydrogen-bond acceptors (Lipinski definition) is 4. The Morgan fingerprint density at radius 1 is 0.892 bits per heavy atom. The molecule has 3 aromatic carbocycles. The number of piperidine rings is 2. The van der Waals surface area contributed by atoms with Crippen LogP contribution in [-0.4, -0.2) is 35.5 Å². The first-order valence-corrected chi connectivity index (χ1v) is 13.3. The lowest BCUT2D eigenvalue weighted by Crippen LogP contribution is -2.56. The van der Waals surface area contributed by atoms with Gasteiger partial charge in [0.1, 0.15) is 12.4 Å². The number of hydrogen-bond donors (Lipinski definition) is 0. The zero-order valence-corrected chi connectivity index (χ0v) is 20.8. The Hall–Kier alpha value is -3.91. The van der Waals surface area contributed by atoms with E-state index in [4.69, 9.17) is 10.00 Å². The van der Waals surface area contributed by atoms with Crippen LogP contribution in [0.3, 0.4) is 0 Å². The van der Waals surface area contributed by atoms with E-state index in [0.29, 0.717) is 31.4 Å². The van der Waals surface area contributed by atoms with E-state index in [2.05, 4.69) is 42.5 Å². The number of nitriles is 1. The molecule has 3 aliphatic rings. The number of ketones is 1. The normalized spacial score (nSPS) is 22.0. The van der Waals surface area contributed by atoms with Gasteiger partial charge in [0.05, 0.1) is 11.6 Å². The molecule has 37 heavy (non-hydrogen) atoms. The molecule has 3 aromatic rings. The lowest BCUT2D eigenvalue weighted by Gasteiger charge is -2.47. The minimum Gasteiger partial charge on any atom is -0.448 e. The van der Waals surface area contributed by atoms with Crippen LogP contribution in [0, 0.1) is 17.2 Å². The van der Waals surface area contributed by atoms with Crippen LogP contribution < -0.4 is 0 Å². The largest absolute Gasteiger partial charge is 0.448 e. The number of benzene rings is 3. The van der Waals surface area contributed by atoms with Crippen LogP contribution in [0.2, 0.25) is 0 Å². The number of rotatable bonds is 5. The summed E-state index contributed by atoms with van der Waals surface area (Å²) in [4.78, 5) is 28.6. The zero-order chi connectivity index (χ0) is 25.4. The average molecular weight is 491 g/mol. The van der Waals surface area contributed by atoms with Crippen molar-refractivity contribution in [3.05, 3.63) is 95.1 Å². The summed E-state index contributed by atoms with van der Waals surface area (Å²) >= 11 is 0. The number of fused-ring (bicyclic) bond motifs is 5. The maximum Gasteiger partial charge on any atom is 0.410 e. The number of carbonyl (C=O) groups excluding carboxylic acids is 2. The summed E-state index contributed by atoms with van der Waals surface area (Å²) in [5.74, 6) is 0.192. The molecule has 0 aromatic heterocycles. The van der Waals surface area contributed by atoms with Crippen LogP contribution in [0.1, 0.15) is 60.3 Å². The molecule has 2 fully saturated rings. The molecule has 1 amide bonds. The Morgan fingerprint density at radius 3 is 2.19 bits per heavy atom. The summed E-state index contributed by atoms with van der Waals surface area (Å²) < 4.78 is 6.00. The highest BCUT2D eigenvalue weighted by atomic mass is 16.6. The third-order valence-corrected chi connectivity index (χ3v) is 8.41. The molecule has 2 saturated heterocycles. The van der Waals surface area contributed by atoms with Crippen molar-refractivity contribution in [1.82, 2.24) is 4.90 Å². The van der Waals surface area contributed by atoms with E-state index in [0.717, 1.165) is 24.8 Å². The Morgan fingerprint density at radius 2 is 1.54 bits per heavy atom. The van der Waals surface area contributed by atoms with Gasteiger partial charge in [-0.1, -0.05) is 60.7 Å². The standard InChI is InChI=1S/C32H30N2O3/c33-19-22-8-5-7-21(15-22)16-31(35)23-17-24-9-6-10-25(18-23)34(24)32(36)37-20-30-28-13-3-1-11-26(28)27-12-2-4-14-29(27)30/h1-5,7-8,11-15,23-25,30H,6,9-10,16-18,20H2. The van der Waals surface area contributed by atoms with Crippen LogP contribution in [0.5, 0.6) is 0 Å². The smallest absolute Gasteiger partial charge is 0.410 e. The van der Waals surface area contributed by atoms with Crippen molar-refractivity contribution in [1.29, 1.82) is 5.26 Å². The fourth-order valence-corrected chi connectivity index (χ4v) is 6.71. The molecule has 2 bridgehead atoms. The molecule has 1 aliphatic carbocycles. The summed E-state index contributed by atoms with van der Waals surface area (Å²) in [6, 6.07) is 26.3. The fourth-order valence-electron chi connectivity index (χ4n) is 6.71. The second-order valence-corrected chi connectivity index (χ2v) is 10.6. The van der Waals surface area contributed by atoms with Crippen LogP contribution in [0.15, 0.2) is 72.8 Å². The van der Waals surface area contributed by atoms with Gasteiger partial charge in [0, 0.05) is 30.3 Å². The molecule has 2 aliphatic heterocycles. The lowest BCUT2D eigenvalue weighted by atomic mass is 9.76. The molecule has 2 heterocycles. The Bertz CT molecular complexity index is 1330. The van der Waals surface area contributed by atoms with E-state index in [9.17, 15) is 9.59 Å². The first-order valence-electron chi connectivity index (χ1n) is 13.3. The van der Waals surface area contributed by atoms with Crippen LogP contribution in [0.4, 0.5) is 4.79 Å². The molecule has 2 atom stereocenters. The quantitative estimate of drug-likeness (QED) is 0.424. The lowest BCUT2D eigenvalue weighted by molar-refractivity contribution is -0.126. The molecule has 0 saturated carbocycles. The Balaban J connectivity index is 1.13. The van der Waals surface area contributed by atoms with Crippen molar-refractivity contribution in [2.24, 2.45) is 5.92 Å². The topological polar surface area (TPSA) is 70.4 Å². The molecule has 0 N–H and O–H groups in total. The number of amides is 1. The highest BCUT2D eigenvalue weighted by Gasteiger charge is 2.43. The third-order valence-electron chi connectivity index (χ3n) is 8.41. The molecule has 2 unspecified atom stereocenters. The zero-order valence-electron chi connectivity index (χ0n) is 20.8. The van der Waals surface area contributed by atoms with E-state index >= 15 is 0 Å². The number of Topliss-reactive ketones (excluding diaryl/α,β-unsaturated/α-hetero) is 1. The van der Waals surface area contributed by atoms with Crippen molar-refractivity contribution in [3.8, 4) is 17.2 Å². The van der Waals surface area contributed by atoms with Gasteiger partial charge in [-0.05, 0) is 72.1 Å². The van der Waals surface area contributed by atoms with Gasteiger partial charge in [-0.15, -0.1) is 0 Å². The number of carbonyl (C=O) groups is 2. The maximum absolute atomic E-state index is 13.4. The van der Waals surface area contributed by atoms with E-state index in [1.54, 1.807) is 12.1 Å².